The van der Waals surface area contributed by atoms with Gasteiger partial charge in [-0.1, -0.05) is 76.2 Å². The van der Waals surface area contributed by atoms with E-state index >= 15 is 0 Å². The summed E-state index contributed by atoms with van der Waals surface area (Å²) in [5, 5.41) is 4.13. The van der Waals surface area contributed by atoms with Crippen molar-refractivity contribution in [3.8, 4) is 0 Å². The van der Waals surface area contributed by atoms with Crippen LogP contribution in [0.4, 0.5) is 17.6 Å². The molecule has 2 aliphatic rings. The molecule has 0 bridgehead atoms. The van der Waals surface area contributed by atoms with Crippen LogP contribution >= 0.6 is 7.51 Å². The van der Waals surface area contributed by atoms with Gasteiger partial charge in [0.05, 0.1) is 11.6 Å². The molecule has 0 saturated carbocycles. The predicted molar refractivity (Wildman–Crippen MR) is 182 cm³/mol. The molecule has 1 N–H and O–H groups in total. The summed E-state index contributed by atoms with van der Waals surface area (Å²) in [5.74, 6) is -0.829. The van der Waals surface area contributed by atoms with Crippen molar-refractivity contribution in [3.05, 3.63) is 143 Å². The van der Waals surface area contributed by atoms with Gasteiger partial charge < -0.3 is 0 Å². The zero-order valence-electron chi connectivity index (χ0n) is 27.8. The van der Waals surface area contributed by atoms with E-state index in [9.17, 15) is 17.6 Å². The number of likely N-dealkylation sites (N-methyl/N-ethyl adjacent to an activating group) is 2. The van der Waals surface area contributed by atoms with Gasteiger partial charge in [-0.2, -0.15) is 0 Å². The molecule has 0 aliphatic carbocycles. The molecule has 4 aromatic rings. The zero-order valence-corrected chi connectivity index (χ0v) is 28.7. The lowest BCUT2D eigenvalue weighted by atomic mass is 9.75. The standard InChI is InChI=1S/C38H43F4N4P/c1-25(2)23-35-37(27-7-15-31(39)16-8-27,28-9-17-32(40)18-10-28)43-47(45(35)5)44-38(29-11-19-33(41)20-12-29,30-13-21-34(42)22-14-30)36(46(47)6)24-26(3)4/h7-22,25-26,35-36,43H,23-24H2,1-6H3. The highest BCUT2D eigenvalue weighted by molar-refractivity contribution is 7.60. The third-order valence-electron chi connectivity index (χ3n) is 9.94. The molecule has 3 unspecified atom stereocenters. The van der Waals surface area contributed by atoms with Crippen LogP contribution in [0.1, 0.15) is 62.8 Å². The summed E-state index contributed by atoms with van der Waals surface area (Å²) in [4.78, 5) is 0. The van der Waals surface area contributed by atoms with Crippen molar-refractivity contribution < 1.29 is 17.6 Å². The molecule has 0 radical (unpaired) electrons. The first-order chi connectivity index (χ1) is 22.3. The average Bonchev–Trinajstić information content (AvgIpc) is 3.42. The summed E-state index contributed by atoms with van der Waals surface area (Å²) in [6, 6.07) is 25.7. The number of halogens is 4. The molecule has 6 rings (SSSR count). The molecular weight excluding hydrogens is 619 g/mol. The first-order valence-electron chi connectivity index (χ1n) is 16.3. The molecule has 1 fully saturated rings. The van der Waals surface area contributed by atoms with E-state index in [1.807, 2.05) is 24.3 Å². The Labute approximate surface area is 276 Å². The van der Waals surface area contributed by atoms with E-state index in [0.717, 1.165) is 35.1 Å². The highest BCUT2D eigenvalue weighted by Gasteiger charge is 2.64. The van der Waals surface area contributed by atoms with Crippen molar-refractivity contribution in [2.75, 3.05) is 14.1 Å². The number of nitrogens with one attached hydrogen (secondary N) is 1. The highest BCUT2D eigenvalue weighted by Crippen LogP contribution is 2.72. The summed E-state index contributed by atoms with van der Waals surface area (Å²) in [7, 11) is 1.31. The van der Waals surface area contributed by atoms with Crippen LogP contribution in [0.15, 0.2) is 102 Å². The Morgan fingerprint density at radius 3 is 1.26 bits per heavy atom. The Morgan fingerprint density at radius 2 is 0.894 bits per heavy atom. The quantitative estimate of drug-likeness (QED) is 0.151. The van der Waals surface area contributed by atoms with Gasteiger partial charge in [-0.15, -0.1) is 0 Å². The number of benzene rings is 4. The maximum Gasteiger partial charge on any atom is 0.167 e. The minimum absolute atomic E-state index is 0.171. The zero-order chi connectivity index (χ0) is 33.7. The van der Waals surface area contributed by atoms with Gasteiger partial charge in [-0.25, -0.2) is 36.7 Å². The van der Waals surface area contributed by atoms with E-state index in [1.54, 1.807) is 24.3 Å². The Kier molecular flexibility index (Phi) is 9.03. The molecule has 248 valence electrons. The molecule has 4 aromatic carbocycles. The second-order valence-corrected chi connectivity index (χ2v) is 16.6. The van der Waals surface area contributed by atoms with Crippen LogP contribution in [0.5, 0.6) is 0 Å². The topological polar surface area (TPSA) is 30.9 Å². The maximum atomic E-state index is 14.4. The first kappa shape index (κ1) is 33.6. The van der Waals surface area contributed by atoms with Crippen LogP contribution in [-0.2, 0) is 11.1 Å². The minimum atomic E-state index is -2.89. The third kappa shape index (κ3) is 5.57. The summed E-state index contributed by atoms with van der Waals surface area (Å²) < 4.78 is 68.5. The lowest BCUT2D eigenvalue weighted by Gasteiger charge is -2.39. The van der Waals surface area contributed by atoms with E-state index in [-0.39, 0.29) is 47.2 Å². The van der Waals surface area contributed by atoms with Gasteiger partial charge >= 0.3 is 0 Å². The molecule has 47 heavy (non-hydrogen) atoms. The van der Waals surface area contributed by atoms with E-state index in [2.05, 4.69) is 56.2 Å². The van der Waals surface area contributed by atoms with E-state index in [0.29, 0.717) is 0 Å². The van der Waals surface area contributed by atoms with E-state index in [4.69, 9.17) is 4.74 Å². The van der Waals surface area contributed by atoms with Crippen molar-refractivity contribution in [3.63, 3.8) is 0 Å². The molecule has 2 heterocycles. The Morgan fingerprint density at radius 1 is 0.574 bits per heavy atom. The van der Waals surface area contributed by atoms with Crippen molar-refractivity contribution in [1.29, 1.82) is 0 Å². The fraction of sp³-hybridized carbons (Fsp3) is 0.368. The normalized spacial score (nSPS) is 24.0. The Hall–Kier alpha value is -3.29. The van der Waals surface area contributed by atoms with Gasteiger partial charge in [0.15, 0.2) is 7.51 Å². The van der Waals surface area contributed by atoms with Gasteiger partial charge in [0.1, 0.15) is 28.8 Å². The van der Waals surface area contributed by atoms with Crippen LogP contribution in [0.25, 0.3) is 0 Å². The van der Waals surface area contributed by atoms with Gasteiger partial charge in [0.2, 0.25) is 0 Å². The monoisotopic (exact) mass is 662 g/mol. The minimum Gasteiger partial charge on any atom is -0.244 e. The lowest BCUT2D eigenvalue weighted by Crippen LogP contribution is -2.48. The van der Waals surface area contributed by atoms with Crippen molar-refractivity contribution in [2.24, 2.45) is 16.6 Å². The van der Waals surface area contributed by atoms with Gasteiger partial charge in [0, 0.05) is 6.04 Å². The van der Waals surface area contributed by atoms with Crippen LogP contribution in [0, 0.1) is 35.1 Å². The van der Waals surface area contributed by atoms with Crippen molar-refractivity contribution in [2.45, 2.75) is 63.7 Å². The molecule has 3 atom stereocenters. The summed E-state index contributed by atoms with van der Waals surface area (Å²) in [5.41, 5.74) is 1.46. The maximum absolute atomic E-state index is 14.4. The molecule has 4 nitrogen and oxygen atoms in total. The molecule has 2 aliphatic heterocycles. The molecule has 9 heteroatoms. The number of nitrogens with zero attached hydrogens (tertiary/aromatic N) is 3. The summed E-state index contributed by atoms with van der Waals surface area (Å²) in [6.45, 7) is 8.70. The van der Waals surface area contributed by atoms with Crippen LogP contribution in [0.2, 0.25) is 0 Å². The molecule has 1 spiro atoms. The second-order valence-electron chi connectivity index (χ2n) is 13.8. The van der Waals surface area contributed by atoms with Crippen molar-refractivity contribution >= 4 is 7.51 Å². The molecular formula is C38H43F4N4P. The molecule has 0 aromatic heterocycles. The third-order valence-corrected chi connectivity index (χ3v) is 13.5. The Balaban J connectivity index is 1.71. The van der Waals surface area contributed by atoms with Crippen LogP contribution in [-0.4, -0.2) is 35.5 Å². The fourth-order valence-corrected chi connectivity index (χ4v) is 11.9. The smallest absolute Gasteiger partial charge is 0.167 e. The first-order valence-corrected chi connectivity index (χ1v) is 17.9. The van der Waals surface area contributed by atoms with E-state index in [1.165, 1.54) is 48.5 Å². The SMILES string of the molecule is CC(C)CC1N(C)P2(=NC1(c1ccc(F)cc1)c1ccc(F)cc1)NC(c1ccc(F)cc1)(c1ccc(F)cc1)C(CC(C)C)N2C. The van der Waals surface area contributed by atoms with E-state index < -0.39 is 18.6 Å². The lowest BCUT2D eigenvalue weighted by molar-refractivity contribution is 0.242. The van der Waals surface area contributed by atoms with Gasteiger partial charge in [-0.3, -0.25) is 0 Å². The molecule has 0 amide bonds. The number of hydrogen-bond acceptors (Lipinski definition) is 4. The average molecular weight is 663 g/mol. The molecule has 1 saturated heterocycles. The second kappa shape index (κ2) is 12.6. The number of hydrogen-bond donors (Lipinski definition) is 1. The van der Waals surface area contributed by atoms with Gasteiger partial charge in [-0.05, 0) is 110 Å². The van der Waals surface area contributed by atoms with Crippen LogP contribution < -0.4 is 5.09 Å². The fourth-order valence-electron chi connectivity index (χ4n) is 7.81. The van der Waals surface area contributed by atoms with Gasteiger partial charge in [0.25, 0.3) is 0 Å². The summed E-state index contributed by atoms with van der Waals surface area (Å²) >= 11 is 0. The Bertz CT molecular complexity index is 1660. The summed E-state index contributed by atoms with van der Waals surface area (Å²) in [6.07, 6.45) is 1.51. The number of rotatable bonds is 8. The van der Waals surface area contributed by atoms with Crippen molar-refractivity contribution in [1.82, 2.24) is 14.4 Å². The largest absolute Gasteiger partial charge is 0.244 e. The predicted octanol–water partition coefficient (Wildman–Crippen LogP) is 9.69. The highest BCUT2D eigenvalue weighted by atomic mass is 31.2. The van der Waals surface area contributed by atoms with Crippen LogP contribution in [0.3, 0.4) is 0 Å².